The molecule has 0 radical (unpaired) electrons. The van der Waals surface area contributed by atoms with Gasteiger partial charge in [0, 0.05) is 0 Å². The summed E-state index contributed by atoms with van der Waals surface area (Å²) in [6.07, 6.45) is 0. The van der Waals surface area contributed by atoms with Crippen molar-refractivity contribution in [3.8, 4) is 0 Å². The van der Waals surface area contributed by atoms with E-state index >= 15 is 0 Å². The molecule has 1 aliphatic heterocycles. The summed E-state index contributed by atoms with van der Waals surface area (Å²) in [7, 11) is 2.48. The molecular weight excluding hydrogens is 118 g/mol. The van der Waals surface area contributed by atoms with Gasteiger partial charge < -0.3 is 0 Å². The Kier molecular flexibility index (Phi) is 0.747. The average Bonchev–Trinajstić information content (AvgIpc) is 1.73. The predicted octanol–water partition coefficient (Wildman–Crippen LogP) is -0.304. The van der Waals surface area contributed by atoms with Gasteiger partial charge in [-0.05, 0) is 0 Å². The first-order chi connectivity index (χ1) is 2.63. The molecule has 1 rings (SSSR count). The minimum atomic E-state index is -1.48. The third-order valence-electron chi connectivity index (χ3n) is 0.982. The molecule has 1 aliphatic rings. The number of nitrogens with zero attached hydrogens (tertiary/aromatic N) is 1. The predicted molar refractivity (Wildman–Crippen MR) is 27.6 cm³/mol. The van der Waals surface area contributed by atoms with Gasteiger partial charge in [0.2, 0.25) is 0 Å². The zero-order valence-electron chi connectivity index (χ0n) is 3.94. The van der Waals surface area contributed by atoms with Crippen LogP contribution in [-0.4, -0.2) is 26.9 Å². The van der Waals surface area contributed by atoms with E-state index in [2.05, 4.69) is 0 Å². The Morgan fingerprint density at radius 1 is 1.67 bits per heavy atom. The van der Waals surface area contributed by atoms with E-state index in [1.165, 1.54) is 0 Å². The summed E-state index contributed by atoms with van der Waals surface area (Å²) in [5.74, 6) is 0. The summed E-state index contributed by atoms with van der Waals surface area (Å²) in [5, 5.41) is 0. The number of hydrogen-bond acceptors (Lipinski definition) is 1. The van der Waals surface area contributed by atoms with Crippen molar-refractivity contribution in [2.24, 2.45) is 0 Å². The zero-order chi connectivity index (χ0) is 4.78. The summed E-state index contributed by atoms with van der Waals surface area (Å²) >= 11 is 5.60. The Hall–Kier alpha value is 0.427. The molecule has 0 atom stereocenters. The van der Waals surface area contributed by atoms with E-state index in [9.17, 15) is 0 Å². The summed E-state index contributed by atoms with van der Waals surface area (Å²) in [4.78, 5) is 0. The molecular formula is C2H8ClNOSi. The third-order valence-corrected chi connectivity index (χ3v) is 4.97. The molecule has 0 N–H and O–H groups in total. The molecule has 2 nitrogen and oxygen atoms in total. The van der Waals surface area contributed by atoms with Gasteiger partial charge >= 0.3 is 42.5 Å². The van der Waals surface area contributed by atoms with Crippen LogP contribution in [0.1, 0.15) is 0 Å². The second-order valence-corrected chi connectivity index (χ2v) is 5.93. The Morgan fingerprint density at radius 2 is 1.83 bits per heavy atom. The number of halogens is 1. The molecule has 0 aromatic rings. The van der Waals surface area contributed by atoms with Crippen molar-refractivity contribution in [1.82, 2.24) is 0 Å². The van der Waals surface area contributed by atoms with Crippen molar-refractivity contribution in [3.63, 3.8) is 0 Å². The molecule has 0 aromatic carbocycles. The van der Waals surface area contributed by atoms with Crippen LogP contribution >= 0.6 is 11.1 Å². The van der Waals surface area contributed by atoms with Gasteiger partial charge in [0.1, 0.15) is 0 Å². The van der Waals surface area contributed by atoms with E-state index in [4.69, 9.17) is 15.6 Å². The van der Waals surface area contributed by atoms with Gasteiger partial charge in [-0.15, -0.1) is 0 Å². The van der Waals surface area contributed by atoms with Gasteiger partial charge in [-0.3, -0.25) is 0 Å². The minimum absolute atomic E-state index is 0.677. The van der Waals surface area contributed by atoms with Gasteiger partial charge in [-0.1, -0.05) is 0 Å². The van der Waals surface area contributed by atoms with Crippen LogP contribution in [-0.2, 0) is 4.53 Å². The fourth-order valence-electron chi connectivity index (χ4n) is 0.248. The molecule has 0 spiro atoms. The molecule has 0 unspecified atom stereocenters. The van der Waals surface area contributed by atoms with Gasteiger partial charge in [-0.25, -0.2) is 0 Å². The summed E-state index contributed by atoms with van der Waals surface area (Å²) < 4.78 is 5.66. The van der Waals surface area contributed by atoms with E-state index in [-0.39, 0.29) is 0 Å². The molecule has 0 bridgehead atoms. The Bertz CT molecular complexity index is 75.9. The monoisotopic (exact) mass is 125 g/mol. The first-order valence-corrected chi connectivity index (χ1v) is 5.30. The van der Waals surface area contributed by atoms with Crippen LogP contribution in [0, 0.1) is 0 Å². The molecule has 1 heterocycles. The normalized spacial score (nSPS) is 33.5. The van der Waals surface area contributed by atoms with Gasteiger partial charge in [0.05, 0.1) is 0 Å². The van der Waals surface area contributed by atoms with Crippen LogP contribution in [0.5, 0.6) is 0 Å². The molecule has 1 saturated heterocycles. The molecule has 38 valence electrons. The first-order valence-electron chi connectivity index (χ1n) is 1.95. The molecule has 1 fully saturated rings. The second kappa shape index (κ2) is 0.978. The van der Waals surface area contributed by atoms with Crippen molar-refractivity contribution < 1.29 is 8.84 Å². The van der Waals surface area contributed by atoms with E-state index in [0.29, 0.717) is 4.31 Å². The van der Waals surface area contributed by atoms with Crippen molar-refractivity contribution in [1.29, 1.82) is 0 Å². The Balaban J connectivity index is 2.41. The van der Waals surface area contributed by atoms with Gasteiger partial charge in [0.15, 0.2) is 0 Å². The number of quaternary nitrogens is 1. The van der Waals surface area contributed by atoms with Crippen molar-refractivity contribution in [2.75, 3.05) is 14.1 Å². The topological polar surface area (TPSA) is 12.5 Å². The summed E-state index contributed by atoms with van der Waals surface area (Å²) in [6, 6.07) is 0. The fraction of sp³-hybridized carbons (Fsp3) is 1.00. The maximum absolute atomic E-state index is 5.60. The van der Waals surface area contributed by atoms with Crippen LogP contribution in [0.25, 0.3) is 0 Å². The van der Waals surface area contributed by atoms with E-state index in [1.807, 2.05) is 14.1 Å². The fourth-order valence-corrected chi connectivity index (χ4v) is 2.16. The number of hydroxylamine groups is 2. The van der Waals surface area contributed by atoms with E-state index < -0.39 is 8.51 Å². The first kappa shape index (κ1) is 4.58. The average molecular weight is 126 g/mol. The molecule has 6 heavy (non-hydrogen) atoms. The van der Waals surface area contributed by atoms with E-state index in [0.717, 1.165) is 0 Å². The molecule has 0 amide bonds. The van der Waals surface area contributed by atoms with Crippen LogP contribution in [0.15, 0.2) is 0 Å². The SMILES string of the molecule is C[N+]1(C)O[SiH2-]1Cl. The third kappa shape index (κ3) is 0.585. The molecule has 0 saturated carbocycles. The maximum atomic E-state index is 5.60. The van der Waals surface area contributed by atoms with Crippen molar-refractivity contribution in [2.45, 2.75) is 0 Å². The Labute approximate surface area is 43.3 Å². The number of rotatable bonds is 0. The second-order valence-electron chi connectivity index (χ2n) is 2.06. The summed E-state index contributed by atoms with van der Waals surface area (Å²) in [6.45, 7) is 0. The van der Waals surface area contributed by atoms with Crippen molar-refractivity contribution in [3.05, 3.63) is 0 Å². The van der Waals surface area contributed by atoms with Crippen LogP contribution in [0.2, 0.25) is 0 Å². The molecule has 0 aliphatic carbocycles. The molecule has 0 aromatic heterocycles. The zero-order valence-corrected chi connectivity index (χ0v) is 6.11. The number of hydrogen-bond donors (Lipinski definition) is 0. The van der Waals surface area contributed by atoms with Crippen LogP contribution in [0.4, 0.5) is 0 Å². The van der Waals surface area contributed by atoms with Crippen molar-refractivity contribution >= 4 is 19.6 Å². The Morgan fingerprint density at radius 3 is 1.83 bits per heavy atom. The van der Waals surface area contributed by atoms with Gasteiger partial charge in [0.25, 0.3) is 0 Å². The summed E-state index contributed by atoms with van der Waals surface area (Å²) in [5.41, 5.74) is 0. The van der Waals surface area contributed by atoms with Crippen LogP contribution in [0.3, 0.4) is 0 Å². The standard InChI is InChI=1S/C2H8ClNOSi/c1-4(2)5-6(4)3/h6H2,1-2H3. The van der Waals surface area contributed by atoms with Gasteiger partial charge in [-0.2, -0.15) is 0 Å². The quantitative estimate of drug-likeness (QED) is 0.246. The van der Waals surface area contributed by atoms with E-state index in [1.54, 1.807) is 0 Å². The van der Waals surface area contributed by atoms with Crippen LogP contribution < -0.4 is 0 Å². The molecule has 4 heteroatoms.